The van der Waals surface area contributed by atoms with Crippen LogP contribution >= 0.6 is 11.6 Å². The lowest BCUT2D eigenvalue weighted by Gasteiger charge is -2.14. The topological polar surface area (TPSA) is 76.0 Å². The molecule has 0 atom stereocenters. The van der Waals surface area contributed by atoms with Gasteiger partial charge in [0.25, 0.3) is 11.8 Å². The van der Waals surface area contributed by atoms with Gasteiger partial charge in [-0.2, -0.15) is 5.10 Å². The van der Waals surface area contributed by atoms with Gasteiger partial charge in [0.05, 0.1) is 22.6 Å². The van der Waals surface area contributed by atoms with E-state index in [1.54, 1.807) is 23.7 Å². The fraction of sp³-hybridized carbons (Fsp3) is 0.150. The lowest BCUT2D eigenvalue weighted by Crippen LogP contribution is -2.23. The number of anilines is 1. The molecule has 2 amide bonds. The number of carbonyl (C=O) groups is 2. The van der Waals surface area contributed by atoms with Gasteiger partial charge in [0.15, 0.2) is 0 Å². The quantitative estimate of drug-likeness (QED) is 0.721. The average Bonchev–Trinajstić information content (AvgIpc) is 3.05. The second-order valence-electron chi connectivity index (χ2n) is 6.10. The van der Waals surface area contributed by atoms with E-state index in [9.17, 15) is 9.59 Å². The van der Waals surface area contributed by atoms with Gasteiger partial charge in [-0.25, -0.2) is 4.68 Å². The Kier molecular flexibility index (Phi) is 5.28. The van der Waals surface area contributed by atoms with Crippen LogP contribution in [0.15, 0.2) is 48.5 Å². The predicted octanol–water partition coefficient (Wildman–Crippen LogP) is 3.75. The van der Waals surface area contributed by atoms with Crippen LogP contribution in [0, 0.1) is 13.8 Å². The number of para-hydroxylation sites is 1. The molecule has 0 aliphatic carbocycles. The maximum Gasteiger partial charge on any atom is 0.274 e. The highest BCUT2D eigenvalue weighted by molar-refractivity contribution is 6.31. The Morgan fingerprint density at radius 3 is 2.41 bits per heavy atom. The van der Waals surface area contributed by atoms with E-state index in [4.69, 9.17) is 11.6 Å². The maximum atomic E-state index is 13.0. The zero-order valence-corrected chi connectivity index (χ0v) is 16.0. The first kappa shape index (κ1) is 18.7. The lowest BCUT2D eigenvalue weighted by atomic mass is 10.1. The molecular weight excluding hydrogens is 364 g/mol. The first-order valence-corrected chi connectivity index (χ1v) is 8.74. The van der Waals surface area contributed by atoms with Crippen molar-refractivity contribution in [3.05, 3.63) is 76.1 Å². The number of benzene rings is 2. The molecule has 2 aromatic carbocycles. The van der Waals surface area contributed by atoms with E-state index in [0.29, 0.717) is 33.2 Å². The summed E-state index contributed by atoms with van der Waals surface area (Å²) in [6.45, 7) is 3.60. The van der Waals surface area contributed by atoms with Gasteiger partial charge < -0.3 is 10.6 Å². The fourth-order valence-electron chi connectivity index (χ4n) is 2.83. The van der Waals surface area contributed by atoms with Crippen LogP contribution in [0.5, 0.6) is 0 Å². The smallest absolute Gasteiger partial charge is 0.274 e. The van der Waals surface area contributed by atoms with Crippen LogP contribution in [0.1, 0.15) is 32.1 Å². The third-order valence-electron chi connectivity index (χ3n) is 4.08. The van der Waals surface area contributed by atoms with Crippen LogP contribution < -0.4 is 10.6 Å². The number of aryl methyl sites for hydroxylation is 2. The molecular formula is C20H19ClN4O2. The minimum absolute atomic E-state index is 0.304. The van der Waals surface area contributed by atoms with Crippen LogP contribution in [0.25, 0.3) is 5.69 Å². The Morgan fingerprint density at radius 2 is 1.74 bits per heavy atom. The van der Waals surface area contributed by atoms with Gasteiger partial charge in [-0.3, -0.25) is 9.59 Å². The predicted molar refractivity (Wildman–Crippen MR) is 106 cm³/mol. The molecule has 3 rings (SSSR count). The molecule has 0 saturated carbocycles. The number of hydrogen-bond acceptors (Lipinski definition) is 3. The summed E-state index contributed by atoms with van der Waals surface area (Å²) in [5.41, 5.74) is 3.27. The van der Waals surface area contributed by atoms with Crippen molar-refractivity contribution in [2.45, 2.75) is 13.8 Å². The molecule has 0 fully saturated rings. The highest BCUT2D eigenvalue weighted by Gasteiger charge is 2.20. The molecule has 0 saturated heterocycles. The number of carbonyl (C=O) groups excluding carboxylic acids is 2. The molecule has 138 valence electrons. The summed E-state index contributed by atoms with van der Waals surface area (Å²) < 4.78 is 1.58. The Bertz CT molecular complexity index is 1010. The van der Waals surface area contributed by atoms with Gasteiger partial charge in [0, 0.05) is 12.1 Å². The molecule has 6 nitrogen and oxygen atoms in total. The second kappa shape index (κ2) is 7.63. The van der Waals surface area contributed by atoms with Crippen molar-refractivity contribution in [1.29, 1.82) is 0 Å². The molecule has 0 radical (unpaired) electrons. The number of rotatable bonds is 4. The number of nitrogens with one attached hydrogen (secondary N) is 2. The summed E-state index contributed by atoms with van der Waals surface area (Å²) in [5.74, 6) is -0.696. The lowest BCUT2D eigenvalue weighted by molar-refractivity contribution is 0.0964. The van der Waals surface area contributed by atoms with Crippen LogP contribution in [0.3, 0.4) is 0 Å². The summed E-state index contributed by atoms with van der Waals surface area (Å²) in [7, 11) is 1.53. The van der Waals surface area contributed by atoms with Crippen molar-refractivity contribution in [3.8, 4) is 5.69 Å². The van der Waals surface area contributed by atoms with E-state index in [1.807, 2.05) is 37.3 Å². The summed E-state index contributed by atoms with van der Waals surface area (Å²) in [6.07, 6.45) is 0. The molecule has 0 aliphatic rings. The highest BCUT2D eigenvalue weighted by Crippen LogP contribution is 2.26. The first-order valence-electron chi connectivity index (χ1n) is 8.36. The third-order valence-corrected chi connectivity index (χ3v) is 4.29. The van der Waals surface area contributed by atoms with Crippen molar-refractivity contribution in [2.75, 3.05) is 12.4 Å². The summed E-state index contributed by atoms with van der Waals surface area (Å²) in [6, 6.07) is 14.3. The van der Waals surface area contributed by atoms with Crippen LogP contribution in [0.4, 0.5) is 5.69 Å². The van der Waals surface area contributed by atoms with Gasteiger partial charge in [-0.05, 0) is 49.7 Å². The summed E-state index contributed by atoms with van der Waals surface area (Å²) in [4.78, 5) is 25.2. The Balaban J connectivity index is 2.02. The molecule has 27 heavy (non-hydrogen) atoms. The Morgan fingerprint density at radius 1 is 1.04 bits per heavy atom. The molecule has 0 spiro atoms. The number of nitrogens with zero attached hydrogens (tertiary/aromatic N) is 2. The van der Waals surface area contributed by atoms with Crippen LogP contribution in [-0.4, -0.2) is 28.6 Å². The van der Waals surface area contributed by atoms with Crippen molar-refractivity contribution < 1.29 is 9.59 Å². The van der Waals surface area contributed by atoms with Gasteiger partial charge in [-0.1, -0.05) is 29.8 Å². The minimum atomic E-state index is -0.366. The van der Waals surface area contributed by atoms with Gasteiger partial charge in [0.2, 0.25) is 0 Å². The van der Waals surface area contributed by atoms with Crippen molar-refractivity contribution in [3.63, 3.8) is 0 Å². The van der Waals surface area contributed by atoms with E-state index in [1.165, 1.54) is 13.1 Å². The van der Waals surface area contributed by atoms with E-state index in [0.717, 1.165) is 5.69 Å². The monoisotopic (exact) mass is 382 g/mol. The van der Waals surface area contributed by atoms with Crippen molar-refractivity contribution >= 4 is 29.1 Å². The molecule has 7 heteroatoms. The normalized spacial score (nSPS) is 10.5. The zero-order valence-electron chi connectivity index (χ0n) is 15.2. The summed E-state index contributed by atoms with van der Waals surface area (Å²) >= 11 is 6.08. The molecule has 0 unspecified atom stereocenters. The molecule has 3 aromatic rings. The largest absolute Gasteiger partial charge is 0.355 e. The van der Waals surface area contributed by atoms with E-state index in [2.05, 4.69) is 15.7 Å². The Hall–Kier alpha value is -3.12. The molecule has 1 heterocycles. The van der Waals surface area contributed by atoms with E-state index in [-0.39, 0.29) is 11.8 Å². The van der Waals surface area contributed by atoms with E-state index >= 15 is 0 Å². The molecule has 0 aliphatic heterocycles. The average molecular weight is 383 g/mol. The van der Waals surface area contributed by atoms with Gasteiger partial charge >= 0.3 is 0 Å². The van der Waals surface area contributed by atoms with Gasteiger partial charge in [-0.15, -0.1) is 0 Å². The zero-order chi connectivity index (χ0) is 19.6. The van der Waals surface area contributed by atoms with Crippen LogP contribution in [0.2, 0.25) is 5.02 Å². The first-order chi connectivity index (χ1) is 12.9. The van der Waals surface area contributed by atoms with Crippen LogP contribution in [-0.2, 0) is 0 Å². The van der Waals surface area contributed by atoms with Crippen molar-refractivity contribution in [2.24, 2.45) is 0 Å². The number of amides is 2. The second-order valence-corrected chi connectivity index (χ2v) is 6.53. The third kappa shape index (κ3) is 3.85. The minimum Gasteiger partial charge on any atom is -0.355 e. The highest BCUT2D eigenvalue weighted by atomic mass is 35.5. The number of hydrogen-bond donors (Lipinski definition) is 2. The maximum absolute atomic E-state index is 13.0. The standard InChI is InChI=1S/C20H19ClN4O2/c1-12-9-14(21)11-16(19(26)22-3)18(12)23-20(27)17-10-13(2)24-25(17)15-7-5-4-6-8-15/h4-11H,1-3H3,(H,22,26)(H,23,27). The molecule has 2 N–H and O–H groups in total. The molecule has 1 aromatic heterocycles. The Labute approximate surface area is 162 Å². The van der Waals surface area contributed by atoms with Gasteiger partial charge in [0.1, 0.15) is 5.69 Å². The SMILES string of the molecule is CNC(=O)c1cc(Cl)cc(C)c1NC(=O)c1cc(C)nn1-c1ccccc1. The van der Waals surface area contributed by atoms with E-state index < -0.39 is 0 Å². The molecule has 0 bridgehead atoms. The summed E-state index contributed by atoms with van der Waals surface area (Å²) in [5, 5.41) is 10.2. The fourth-order valence-corrected chi connectivity index (χ4v) is 3.10. The van der Waals surface area contributed by atoms with Crippen molar-refractivity contribution in [1.82, 2.24) is 15.1 Å². The number of aromatic nitrogens is 2. The number of halogens is 1.